The average molecular weight is 331 g/mol. The van der Waals surface area contributed by atoms with Crippen LogP contribution >= 0.6 is 0 Å². The zero-order valence-electron chi connectivity index (χ0n) is 13.2. The molecule has 0 saturated carbocycles. The van der Waals surface area contributed by atoms with Gasteiger partial charge in [-0.25, -0.2) is 9.59 Å². The molecule has 126 valence electrons. The van der Waals surface area contributed by atoms with E-state index in [-0.39, 0.29) is 11.6 Å². The van der Waals surface area contributed by atoms with E-state index in [4.69, 9.17) is 4.74 Å². The summed E-state index contributed by atoms with van der Waals surface area (Å²) in [7, 11) is 0. The molecule has 2 aromatic rings. The summed E-state index contributed by atoms with van der Waals surface area (Å²) < 4.78 is 4.88. The molecule has 0 aliphatic rings. The number of hydrogen-bond donors (Lipinski definition) is 3. The van der Waals surface area contributed by atoms with E-state index >= 15 is 0 Å². The highest BCUT2D eigenvalue weighted by Crippen LogP contribution is 2.15. The van der Waals surface area contributed by atoms with Gasteiger partial charge >= 0.3 is 12.0 Å². The Bertz CT molecular complexity index is 841. The largest absolute Gasteiger partial charge is 0.452 e. The number of carbonyl (C=O) groups is 3. The molecule has 1 aromatic heterocycles. The van der Waals surface area contributed by atoms with Gasteiger partial charge in [-0.15, -0.1) is 0 Å². The van der Waals surface area contributed by atoms with Gasteiger partial charge in [0.2, 0.25) is 5.56 Å². The number of ether oxygens (including phenoxy) is 1. The number of H-pyrrole nitrogens is 1. The lowest BCUT2D eigenvalue weighted by Crippen LogP contribution is -2.44. The van der Waals surface area contributed by atoms with Crippen LogP contribution in [0.25, 0.3) is 10.9 Å². The lowest BCUT2D eigenvalue weighted by Gasteiger charge is -2.10. The van der Waals surface area contributed by atoms with Crippen molar-refractivity contribution >= 4 is 28.8 Å². The number of carbonyl (C=O) groups excluding carboxylic acids is 3. The molecule has 8 heteroatoms. The zero-order valence-corrected chi connectivity index (χ0v) is 13.2. The number of imide groups is 1. The minimum atomic E-state index is -0.822. The fraction of sp³-hybridized carbons (Fsp3) is 0.250. The highest BCUT2D eigenvalue weighted by Gasteiger charge is 2.16. The molecule has 0 saturated heterocycles. The van der Waals surface area contributed by atoms with E-state index in [9.17, 15) is 19.2 Å². The maximum absolute atomic E-state index is 12.1. The van der Waals surface area contributed by atoms with Crippen LogP contribution in [0, 0.1) is 0 Å². The molecule has 2 rings (SSSR count). The minimum absolute atomic E-state index is 0.0498. The van der Waals surface area contributed by atoms with Crippen LogP contribution in [-0.4, -0.2) is 35.5 Å². The predicted octanol–water partition coefficient (Wildman–Crippen LogP) is 0.919. The number of amides is 3. The normalized spacial score (nSPS) is 10.5. The molecule has 0 bridgehead atoms. The first-order chi connectivity index (χ1) is 11.4. The quantitative estimate of drug-likeness (QED) is 0.720. The second kappa shape index (κ2) is 7.40. The Balaban J connectivity index is 2.04. The second-order valence-electron chi connectivity index (χ2n) is 5.35. The molecule has 24 heavy (non-hydrogen) atoms. The molecule has 3 N–H and O–H groups in total. The van der Waals surface area contributed by atoms with Crippen molar-refractivity contribution in [2.45, 2.75) is 19.9 Å². The first-order valence-corrected chi connectivity index (χ1v) is 7.26. The fourth-order valence-corrected chi connectivity index (χ4v) is 2.04. The SMILES string of the molecule is CC(C)NC(=O)NC(=O)COC(=O)c1cc(=O)[nH]c2ccccc12. The lowest BCUT2D eigenvalue weighted by atomic mass is 10.1. The summed E-state index contributed by atoms with van der Waals surface area (Å²) in [6.45, 7) is 2.84. The molecule has 0 aliphatic heterocycles. The van der Waals surface area contributed by atoms with Crippen LogP contribution in [0.1, 0.15) is 24.2 Å². The molecule has 1 heterocycles. The highest BCUT2D eigenvalue weighted by molar-refractivity contribution is 6.04. The molecule has 3 amide bonds. The van der Waals surface area contributed by atoms with Crippen molar-refractivity contribution in [3.8, 4) is 0 Å². The third kappa shape index (κ3) is 4.42. The van der Waals surface area contributed by atoms with Crippen molar-refractivity contribution in [1.29, 1.82) is 0 Å². The number of pyridine rings is 1. The summed E-state index contributed by atoms with van der Waals surface area (Å²) in [6, 6.07) is 7.02. The van der Waals surface area contributed by atoms with Crippen LogP contribution in [0.15, 0.2) is 35.1 Å². The van der Waals surface area contributed by atoms with Crippen molar-refractivity contribution in [3.05, 3.63) is 46.2 Å². The van der Waals surface area contributed by atoms with Crippen LogP contribution in [0.2, 0.25) is 0 Å². The molecule has 0 unspecified atom stereocenters. The van der Waals surface area contributed by atoms with E-state index in [1.165, 1.54) is 0 Å². The Morgan fingerprint density at radius 3 is 2.62 bits per heavy atom. The summed E-state index contributed by atoms with van der Waals surface area (Å²) >= 11 is 0. The number of hydrogen-bond acceptors (Lipinski definition) is 5. The first-order valence-electron chi connectivity index (χ1n) is 7.26. The molecule has 0 atom stereocenters. The van der Waals surface area contributed by atoms with Crippen LogP contribution in [-0.2, 0) is 9.53 Å². The van der Waals surface area contributed by atoms with Gasteiger partial charge in [-0.1, -0.05) is 18.2 Å². The number of aromatic amines is 1. The Kier molecular flexibility index (Phi) is 5.31. The Hall–Kier alpha value is -3.16. The number of esters is 1. The van der Waals surface area contributed by atoms with Gasteiger partial charge in [-0.2, -0.15) is 0 Å². The molecule has 0 radical (unpaired) electrons. The summed E-state index contributed by atoms with van der Waals surface area (Å²) in [4.78, 5) is 49.3. The lowest BCUT2D eigenvalue weighted by molar-refractivity contribution is -0.123. The van der Waals surface area contributed by atoms with Crippen molar-refractivity contribution in [3.63, 3.8) is 0 Å². The van der Waals surface area contributed by atoms with Crippen LogP contribution in [0.5, 0.6) is 0 Å². The van der Waals surface area contributed by atoms with E-state index in [2.05, 4.69) is 10.3 Å². The van der Waals surface area contributed by atoms with Crippen molar-refractivity contribution < 1.29 is 19.1 Å². The van der Waals surface area contributed by atoms with Gasteiger partial charge in [-0.05, 0) is 19.9 Å². The summed E-state index contributed by atoms with van der Waals surface area (Å²) in [5, 5.41) is 5.00. The number of urea groups is 1. The highest BCUT2D eigenvalue weighted by atomic mass is 16.5. The van der Waals surface area contributed by atoms with E-state index < -0.39 is 30.1 Å². The summed E-state index contributed by atoms with van der Waals surface area (Å²) in [5.41, 5.74) is 0.0768. The standard InChI is InChI=1S/C16H17N3O5/c1-9(2)17-16(23)19-14(21)8-24-15(22)11-7-13(20)18-12-6-4-3-5-10(11)12/h3-7,9H,8H2,1-2H3,(H,18,20)(H2,17,19,21,23). The molecule has 1 aromatic carbocycles. The van der Waals surface area contributed by atoms with Gasteiger partial charge in [-0.3, -0.25) is 14.9 Å². The van der Waals surface area contributed by atoms with Gasteiger partial charge in [0, 0.05) is 23.0 Å². The molecule has 0 spiro atoms. The monoisotopic (exact) mass is 331 g/mol. The maximum atomic E-state index is 12.1. The fourth-order valence-electron chi connectivity index (χ4n) is 2.04. The predicted molar refractivity (Wildman–Crippen MR) is 86.7 cm³/mol. The number of nitrogens with one attached hydrogen (secondary N) is 3. The van der Waals surface area contributed by atoms with Crippen LogP contribution in [0.4, 0.5) is 4.79 Å². The summed E-state index contributed by atoms with van der Waals surface area (Å²) in [6.07, 6.45) is 0. The number of fused-ring (bicyclic) bond motifs is 1. The van der Waals surface area contributed by atoms with Gasteiger partial charge in [0.15, 0.2) is 6.61 Å². The van der Waals surface area contributed by atoms with Crippen LogP contribution in [0.3, 0.4) is 0 Å². The second-order valence-corrected chi connectivity index (χ2v) is 5.35. The number of para-hydroxylation sites is 1. The molecule has 0 aliphatic carbocycles. The van der Waals surface area contributed by atoms with Gasteiger partial charge in [0.1, 0.15) is 0 Å². The van der Waals surface area contributed by atoms with E-state index in [0.717, 1.165) is 6.07 Å². The topological polar surface area (TPSA) is 117 Å². The third-order valence-corrected chi connectivity index (χ3v) is 2.98. The van der Waals surface area contributed by atoms with E-state index in [1.54, 1.807) is 38.1 Å². The Labute approximate surface area is 137 Å². The van der Waals surface area contributed by atoms with Gasteiger partial charge < -0.3 is 15.0 Å². The zero-order chi connectivity index (χ0) is 17.7. The molecular formula is C16H17N3O5. The molecular weight excluding hydrogens is 314 g/mol. The van der Waals surface area contributed by atoms with Crippen LogP contribution < -0.4 is 16.2 Å². The van der Waals surface area contributed by atoms with E-state index in [1.807, 2.05) is 5.32 Å². The summed E-state index contributed by atoms with van der Waals surface area (Å²) in [5.74, 6) is -1.59. The van der Waals surface area contributed by atoms with Crippen molar-refractivity contribution in [1.82, 2.24) is 15.6 Å². The Morgan fingerprint density at radius 1 is 1.21 bits per heavy atom. The first kappa shape index (κ1) is 17.2. The van der Waals surface area contributed by atoms with Gasteiger partial charge in [0.25, 0.3) is 5.91 Å². The smallest absolute Gasteiger partial charge is 0.339 e. The maximum Gasteiger partial charge on any atom is 0.339 e. The molecule has 8 nitrogen and oxygen atoms in total. The van der Waals surface area contributed by atoms with Gasteiger partial charge in [0.05, 0.1) is 5.56 Å². The number of benzene rings is 1. The average Bonchev–Trinajstić information content (AvgIpc) is 2.50. The molecule has 0 fully saturated rings. The number of aromatic nitrogens is 1. The van der Waals surface area contributed by atoms with Crippen molar-refractivity contribution in [2.75, 3.05) is 6.61 Å². The van der Waals surface area contributed by atoms with E-state index in [0.29, 0.717) is 10.9 Å². The third-order valence-electron chi connectivity index (χ3n) is 2.98. The Morgan fingerprint density at radius 2 is 1.92 bits per heavy atom. The van der Waals surface area contributed by atoms with Crippen molar-refractivity contribution in [2.24, 2.45) is 0 Å². The minimum Gasteiger partial charge on any atom is -0.452 e. The number of rotatable bonds is 4.